The Bertz CT molecular complexity index is 411. The molecule has 0 aromatic carbocycles. The first kappa shape index (κ1) is 20.2. The Labute approximate surface area is 152 Å². The molecule has 0 radical (unpaired) electrons. The number of hydrogen-bond acceptors (Lipinski definition) is 3. The Balaban J connectivity index is 1.58. The van der Waals surface area contributed by atoms with Gasteiger partial charge in [0.05, 0.1) is 6.10 Å². The van der Waals surface area contributed by atoms with Crippen LogP contribution in [0.15, 0.2) is 0 Å². The molecular formula is C20H36N2O3. The van der Waals surface area contributed by atoms with Crippen LogP contribution < -0.4 is 5.32 Å². The van der Waals surface area contributed by atoms with Crippen LogP contribution >= 0.6 is 0 Å². The van der Waals surface area contributed by atoms with Crippen molar-refractivity contribution in [1.29, 1.82) is 0 Å². The third kappa shape index (κ3) is 7.35. The fourth-order valence-corrected chi connectivity index (χ4v) is 3.92. The maximum atomic E-state index is 12.6. The van der Waals surface area contributed by atoms with Gasteiger partial charge in [0.15, 0.2) is 0 Å². The van der Waals surface area contributed by atoms with Gasteiger partial charge < -0.3 is 15.0 Å². The zero-order chi connectivity index (χ0) is 18.1. The smallest absolute Gasteiger partial charge is 0.225 e. The average molecular weight is 353 g/mol. The summed E-state index contributed by atoms with van der Waals surface area (Å²) in [7, 11) is 0. The van der Waals surface area contributed by atoms with Crippen molar-refractivity contribution in [3.8, 4) is 0 Å². The van der Waals surface area contributed by atoms with Crippen LogP contribution in [0.5, 0.6) is 0 Å². The molecule has 25 heavy (non-hydrogen) atoms. The predicted octanol–water partition coefficient (Wildman–Crippen LogP) is 3.13. The van der Waals surface area contributed by atoms with E-state index in [9.17, 15) is 9.59 Å². The normalized spacial score (nSPS) is 20.0. The Kier molecular flexibility index (Phi) is 8.73. The zero-order valence-electron chi connectivity index (χ0n) is 16.1. The number of carbonyl (C=O) groups excluding carboxylic acids is 2. The highest BCUT2D eigenvalue weighted by Crippen LogP contribution is 2.28. The highest BCUT2D eigenvalue weighted by atomic mass is 16.5. The van der Waals surface area contributed by atoms with Gasteiger partial charge in [0.25, 0.3) is 0 Å². The van der Waals surface area contributed by atoms with Crippen molar-refractivity contribution < 1.29 is 14.3 Å². The Morgan fingerprint density at radius 1 is 1.08 bits per heavy atom. The lowest BCUT2D eigenvalue weighted by Crippen LogP contribution is -2.43. The summed E-state index contributed by atoms with van der Waals surface area (Å²) in [4.78, 5) is 26.7. The lowest BCUT2D eigenvalue weighted by Gasteiger charge is -2.35. The number of hydrogen-bond donors (Lipinski definition) is 1. The van der Waals surface area contributed by atoms with Crippen molar-refractivity contribution in [1.82, 2.24) is 10.2 Å². The number of piperidine rings is 1. The molecule has 1 heterocycles. The van der Waals surface area contributed by atoms with E-state index in [2.05, 4.69) is 5.32 Å². The summed E-state index contributed by atoms with van der Waals surface area (Å²) < 4.78 is 5.47. The first-order valence-corrected chi connectivity index (χ1v) is 10.2. The highest BCUT2D eigenvalue weighted by Gasteiger charge is 2.29. The molecule has 2 rings (SSSR count). The number of amides is 2. The molecule has 144 valence electrons. The van der Waals surface area contributed by atoms with Crippen LogP contribution in [-0.4, -0.2) is 49.1 Å². The third-order valence-electron chi connectivity index (χ3n) is 5.45. The zero-order valence-corrected chi connectivity index (χ0v) is 16.1. The molecule has 1 saturated heterocycles. The predicted molar refractivity (Wildman–Crippen MR) is 99.2 cm³/mol. The van der Waals surface area contributed by atoms with Crippen molar-refractivity contribution in [3.63, 3.8) is 0 Å². The molecule has 0 spiro atoms. The van der Waals surface area contributed by atoms with Gasteiger partial charge in [-0.3, -0.25) is 9.59 Å². The van der Waals surface area contributed by atoms with Gasteiger partial charge in [-0.25, -0.2) is 0 Å². The number of ether oxygens (including phenoxy) is 1. The van der Waals surface area contributed by atoms with Crippen LogP contribution in [0.2, 0.25) is 0 Å². The standard InChI is InChI=1S/C20H36N2O3/c1-16(2)25-14-6-11-21-19(23)15-17-9-12-22(13-10-17)20(24)18-7-4-3-5-8-18/h16-18H,3-15H2,1-2H3,(H,21,23). The first-order chi connectivity index (χ1) is 12.1. The Morgan fingerprint density at radius 2 is 1.76 bits per heavy atom. The summed E-state index contributed by atoms with van der Waals surface area (Å²) in [6, 6.07) is 0. The molecular weight excluding hydrogens is 316 g/mol. The van der Waals surface area contributed by atoms with E-state index in [1.807, 2.05) is 18.7 Å². The number of nitrogens with one attached hydrogen (secondary N) is 1. The van der Waals surface area contributed by atoms with Gasteiger partial charge in [-0.15, -0.1) is 0 Å². The topological polar surface area (TPSA) is 58.6 Å². The molecule has 2 fully saturated rings. The highest BCUT2D eigenvalue weighted by molar-refractivity contribution is 5.79. The maximum absolute atomic E-state index is 12.6. The number of carbonyl (C=O) groups is 2. The van der Waals surface area contributed by atoms with Gasteiger partial charge in [0, 0.05) is 38.6 Å². The molecule has 1 aliphatic heterocycles. The quantitative estimate of drug-likeness (QED) is 0.683. The summed E-state index contributed by atoms with van der Waals surface area (Å²) in [6.45, 7) is 7.07. The SMILES string of the molecule is CC(C)OCCCNC(=O)CC1CCN(C(=O)C2CCCCC2)CC1. The number of nitrogens with zero attached hydrogens (tertiary/aromatic N) is 1. The first-order valence-electron chi connectivity index (χ1n) is 10.2. The average Bonchev–Trinajstić information content (AvgIpc) is 2.62. The molecule has 1 saturated carbocycles. The van der Waals surface area contributed by atoms with Gasteiger partial charge in [0.2, 0.25) is 11.8 Å². The molecule has 2 aliphatic rings. The van der Waals surface area contributed by atoms with Crippen LogP contribution in [0, 0.1) is 11.8 Å². The molecule has 0 unspecified atom stereocenters. The van der Waals surface area contributed by atoms with Gasteiger partial charge in [-0.05, 0) is 51.9 Å². The van der Waals surface area contributed by atoms with Gasteiger partial charge in [-0.2, -0.15) is 0 Å². The lowest BCUT2D eigenvalue weighted by atomic mass is 9.87. The molecule has 5 heteroatoms. The van der Waals surface area contributed by atoms with Gasteiger partial charge in [-0.1, -0.05) is 19.3 Å². The summed E-state index contributed by atoms with van der Waals surface area (Å²) in [5.74, 6) is 1.19. The van der Waals surface area contributed by atoms with Crippen molar-refractivity contribution in [2.24, 2.45) is 11.8 Å². The van der Waals surface area contributed by atoms with Crippen LogP contribution in [0.4, 0.5) is 0 Å². The third-order valence-corrected chi connectivity index (χ3v) is 5.45. The number of rotatable bonds is 8. The summed E-state index contributed by atoms with van der Waals surface area (Å²) >= 11 is 0. The molecule has 1 aliphatic carbocycles. The van der Waals surface area contributed by atoms with Crippen LogP contribution in [0.1, 0.15) is 71.6 Å². The van der Waals surface area contributed by atoms with E-state index in [0.29, 0.717) is 31.4 Å². The fraction of sp³-hybridized carbons (Fsp3) is 0.900. The van der Waals surface area contributed by atoms with Crippen LogP contribution in [0.25, 0.3) is 0 Å². The Hall–Kier alpha value is -1.10. The minimum Gasteiger partial charge on any atom is -0.379 e. The summed E-state index contributed by atoms with van der Waals surface area (Å²) in [6.07, 6.45) is 9.45. The summed E-state index contributed by atoms with van der Waals surface area (Å²) in [5.41, 5.74) is 0. The van der Waals surface area contributed by atoms with E-state index < -0.39 is 0 Å². The number of likely N-dealkylation sites (tertiary alicyclic amines) is 1. The molecule has 5 nitrogen and oxygen atoms in total. The maximum Gasteiger partial charge on any atom is 0.225 e. The molecule has 1 N–H and O–H groups in total. The summed E-state index contributed by atoms with van der Waals surface area (Å²) in [5, 5.41) is 2.99. The molecule has 2 amide bonds. The van der Waals surface area contributed by atoms with Crippen LogP contribution in [-0.2, 0) is 14.3 Å². The largest absolute Gasteiger partial charge is 0.379 e. The van der Waals surface area contributed by atoms with E-state index in [0.717, 1.165) is 45.2 Å². The van der Waals surface area contributed by atoms with Gasteiger partial charge in [0.1, 0.15) is 0 Å². The van der Waals surface area contributed by atoms with Gasteiger partial charge >= 0.3 is 0 Å². The molecule has 0 aromatic heterocycles. The van der Waals surface area contributed by atoms with E-state index >= 15 is 0 Å². The lowest BCUT2D eigenvalue weighted by molar-refractivity contribution is -0.138. The molecule has 0 bridgehead atoms. The Morgan fingerprint density at radius 3 is 2.40 bits per heavy atom. The van der Waals surface area contributed by atoms with E-state index in [4.69, 9.17) is 4.74 Å². The molecule has 0 atom stereocenters. The van der Waals surface area contributed by atoms with E-state index in [1.165, 1.54) is 19.3 Å². The van der Waals surface area contributed by atoms with Crippen molar-refractivity contribution in [2.75, 3.05) is 26.2 Å². The van der Waals surface area contributed by atoms with Crippen molar-refractivity contribution >= 4 is 11.8 Å². The van der Waals surface area contributed by atoms with E-state index in [-0.39, 0.29) is 17.9 Å². The fourth-order valence-electron chi connectivity index (χ4n) is 3.92. The molecule has 0 aromatic rings. The van der Waals surface area contributed by atoms with Crippen LogP contribution in [0.3, 0.4) is 0 Å². The van der Waals surface area contributed by atoms with E-state index in [1.54, 1.807) is 0 Å². The van der Waals surface area contributed by atoms with Crippen molar-refractivity contribution in [2.45, 2.75) is 77.7 Å². The van der Waals surface area contributed by atoms with Crippen molar-refractivity contribution in [3.05, 3.63) is 0 Å². The minimum atomic E-state index is 0.140. The monoisotopic (exact) mass is 352 g/mol. The minimum absolute atomic E-state index is 0.140. The second kappa shape index (κ2) is 10.8. The second-order valence-corrected chi connectivity index (χ2v) is 7.93. The second-order valence-electron chi connectivity index (χ2n) is 7.93.